The lowest BCUT2D eigenvalue weighted by atomic mass is 10.2. The fourth-order valence-electron chi connectivity index (χ4n) is 1.39. The molecule has 1 aromatic carbocycles. The fourth-order valence-corrected chi connectivity index (χ4v) is 2.15. The zero-order valence-corrected chi connectivity index (χ0v) is 11.0. The van der Waals surface area contributed by atoms with E-state index in [0.717, 1.165) is 23.5 Å². The Morgan fingerprint density at radius 1 is 1.30 bits per heavy atom. The predicted molar refractivity (Wildman–Crippen MR) is 68.2 cm³/mol. The zero-order chi connectivity index (χ0) is 14.8. The van der Waals surface area contributed by atoms with Gasteiger partial charge in [0.05, 0.1) is 18.9 Å². The molecule has 0 aliphatic heterocycles. The van der Waals surface area contributed by atoms with E-state index < -0.39 is 17.7 Å². The first kappa shape index (κ1) is 14.3. The number of aromatic nitrogens is 1. The number of esters is 1. The second kappa shape index (κ2) is 5.49. The molecular weight excluding hydrogens is 293 g/mol. The quantitative estimate of drug-likeness (QED) is 0.879. The van der Waals surface area contributed by atoms with Gasteiger partial charge in [0.2, 0.25) is 0 Å². The van der Waals surface area contributed by atoms with Crippen molar-refractivity contribution in [1.29, 1.82) is 0 Å². The van der Waals surface area contributed by atoms with Gasteiger partial charge in [-0.3, -0.25) is 0 Å². The van der Waals surface area contributed by atoms with E-state index in [-0.39, 0.29) is 0 Å². The third kappa shape index (κ3) is 3.27. The van der Waals surface area contributed by atoms with Crippen molar-refractivity contribution in [2.75, 3.05) is 12.4 Å². The van der Waals surface area contributed by atoms with Gasteiger partial charge >= 0.3 is 12.1 Å². The van der Waals surface area contributed by atoms with Crippen molar-refractivity contribution in [3.63, 3.8) is 0 Å². The largest absolute Gasteiger partial charge is 0.465 e. The number of anilines is 2. The summed E-state index contributed by atoms with van der Waals surface area (Å²) in [5, 5.41) is 3.21. The molecule has 4 nitrogen and oxygen atoms in total. The van der Waals surface area contributed by atoms with E-state index in [0.29, 0.717) is 15.7 Å². The van der Waals surface area contributed by atoms with Crippen LogP contribution < -0.4 is 5.32 Å². The highest BCUT2D eigenvalue weighted by atomic mass is 32.1. The normalized spacial score (nSPS) is 11.2. The van der Waals surface area contributed by atoms with Crippen LogP contribution in [-0.2, 0) is 10.9 Å². The molecule has 0 aliphatic carbocycles. The standard InChI is InChI=1S/C12H9F3N2O2S/c1-19-10(18)9-6-16-11(20-9)17-8-4-2-7(3-5-8)12(13,14)15/h2-6H,1H3,(H,16,17). The SMILES string of the molecule is COC(=O)c1cnc(Nc2ccc(C(F)(F)F)cc2)s1. The number of hydrogen-bond acceptors (Lipinski definition) is 5. The molecule has 0 bridgehead atoms. The van der Waals surface area contributed by atoms with Crippen LogP contribution in [0.3, 0.4) is 0 Å². The molecular formula is C12H9F3N2O2S. The van der Waals surface area contributed by atoms with Crippen LogP contribution in [0.1, 0.15) is 15.2 Å². The molecule has 0 unspecified atom stereocenters. The van der Waals surface area contributed by atoms with Crippen LogP contribution in [0.25, 0.3) is 0 Å². The minimum absolute atomic E-state index is 0.307. The van der Waals surface area contributed by atoms with E-state index in [4.69, 9.17) is 0 Å². The number of benzene rings is 1. The Labute approximate surface area is 116 Å². The van der Waals surface area contributed by atoms with Crippen LogP contribution in [-0.4, -0.2) is 18.1 Å². The molecule has 0 aliphatic rings. The van der Waals surface area contributed by atoms with Crippen molar-refractivity contribution in [3.05, 3.63) is 40.9 Å². The summed E-state index contributed by atoms with van der Waals surface area (Å²) in [6, 6.07) is 4.53. The van der Waals surface area contributed by atoms with Gasteiger partial charge in [0, 0.05) is 5.69 Å². The number of carbonyl (C=O) groups is 1. The third-order valence-electron chi connectivity index (χ3n) is 2.36. The second-order valence-corrected chi connectivity index (χ2v) is 4.75. The molecule has 8 heteroatoms. The number of rotatable bonds is 3. The molecule has 0 spiro atoms. The number of nitrogens with one attached hydrogen (secondary N) is 1. The number of thiazole rings is 1. The summed E-state index contributed by atoms with van der Waals surface area (Å²) in [7, 11) is 1.25. The average molecular weight is 302 g/mol. The predicted octanol–water partition coefficient (Wildman–Crippen LogP) is 3.69. The number of halogens is 3. The van der Waals surface area contributed by atoms with E-state index >= 15 is 0 Å². The maximum absolute atomic E-state index is 12.4. The van der Waals surface area contributed by atoms with E-state index in [1.54, 1.807) is 0 Å². The fraction of sp³-hybridized carbons (Fsp3) is 0.167. The lowest BCUT2D eigenvalue weighted by Gasteiger charge is -2.07. The summed E-state index contributed by atoms with van der Waals surface area (Å²) in [4.78, 5) is 15.5. The van der Waals surface area contributed by atoms with Crippen molar-refractivity contribution in [1.82, 2.24) is 4.98 Å². The topological polar surface area (TPSA) is 51.2 Å². The zero-order valence-electron chi connectivity index (χ0n) is 10.2. The van der Waals surface area contributed by atoms with E-state index in [1.165, 1.54) is 25.4 Å². The van der Waals surface area contributed by atoms with E-state index in [1.807, 2.05) is 0 Å². The Morgan fingerprint density at radius 3 is 2.50 bits per heavy atom. The molecule has 1 aromatic heterocycles. The van der Waals surface area contributed by atoms with Crippen LogP contribution in [0.15, 0.2) is 30.5 Å². The van der Waals surface area contributed by atoms with Gasteiger partial charge in [-0.05, 0) is 24.3 Å². The van der Waals surface area contributed by atoms with Crippen LogP contribution in [0.4, 0.5) is 24.0 Å². The number of methoxy groups -OCH3 is 1. The summed E-state index contributed by atoms with van der Waals surface area (Å²) in [5.41, 5.74) is -0.277. The second-order valence-electron chi connectivity index (χ2n) is 3.72. The molecule has 0 atom stereocenters. The maximum Gasteiger partial charge on any atom is 0.416 e. The van der Waals surface area contributed by atoms with Gasteiger partial charge in [0.1, 0.15) is 4.88 Å². The molecule has 0 saturated carbocycles. The molecule has 2 rings (SSSR count). The van der Waals surface area contributed by atoms with Crippen LogP contribution in [0, 0.1) is 0 Å². The summed E-state index contributed by atoms with van der Waals surface area (Å²) < 4.78 is 41.7. The Bertz CT molecular complexity index is 608. The van der Waals surface area contributed by atoms with Gasteiger partial charge < -0.3 is 10.1 Å². The van der Waals surface area contributed by atoms with Crippen molar-refractivity contribution in [2.45, 2.75) is 6.18 Å². The van der Waals surface area contributed by atoms with Crippen LogP contribution in [0.2, 0.25) is 0 Å². The van der Waals surface area contributed by atoms with Gasteiger partial charge in [-0.25, -0.2) is 9.78 Å². The average Bonchev–Trinajstić information content (AvgIpc) is 2.86. The first-order valence-corrected chi connectivity index (χ1v) is 6.20. The van der Waals surface area contributed by atoms with Gasteiger partial charge in [-0.2, -0.15) is 13.2 Å². The first-order chi connectivity index (χ1) is 9.40. The lowest BCUT2D eigenvalue weighted by Crippen LogP contribution is -2.04. The molecule has 106 valence electrons. The molecule has 0 amide bonds. The number of carbonyl (C=O) groups excluding carboxylic acids is 1. The first-order valence-electron chi connectivity index (χ1n) is 5.38. The van der Waals surface area contributed by atoms with Crippen molar-refractivity contribution >= 4 is 28.1 Å². The summed E-state index contributed by atoms with van der Waals surface area (Å²) in [6.45, 7) is 0. The highest BCUT2D eigenvalue weighted by Gasteiger charge is 2.29. The highest BCUT2D eigenvalue weighted by molar-refractivity contribution is 7.17. The summed E-state index contributed by atoms with van der Waals surface area (Å²) in [6.07, 6.45) is -3.03. The molecule has 2 aromatic rings. The third-order valence-corrected chi connectivity index (χ3v) is 3.25. The van der Waals surface area contributed by atoms with Gasteiger partial charge in [-0.1, -0.05) is 11.3 Å². The van der Waals surface area contributed by atoms with Crippen molar-refractivity contribution in [2.24, 2.45) is 0 Å². The minimum Gasteiger partial charge on any atom is -0.465 e. The van der Waals surface area contributed by atoms with Crippen molar-refractivity contribution < 1.29 is 22.7 Å². The van der Waals surface area contributed by atoms with Gasteiger partial charge in [-0.15, -0.1) is 0 Å². The molecule has 0 radical (unpaired) electrons. The molecule has 1 heterocycles. The van der Waals surface area contributed by atoms with Crippen LogP contribution in [0.5, 0.6) is 0 Å². The molecule has 0 fully saturated rings. The Hall–Kier alpha value is -2.09. The Kier molecular flexibility index (Phi) is 3.93. The Morgan fingerprint density at radius 2 is 1.95 bits per heavy atom. The van der Waals surface area contributed by atoms with Gasteiger partial charge in [0.25, 0.3) is 0 Å². The van der Waals surface area contributed by atoms with Crippen molar-refractivity contribution in [3.8, 4) is 0 Å². The van der Waals surface area contributed by atoms with Gasteiger partial charge in [0.15, 0.2) is 5.13 Å². The molecule has 20 heavy (non-hydrogen) atoms. The summed E-state index contributed by atoms with van der Waals surface area (Å²) >= 11 is 1.05. The smallest absolute Gasteiger partial charge is 0.416 e. The number of ether oxygens (including phenoxy) is 1. The minimum atomic E-state index is -4.36. The maximum atomic E-state index is 12.4. The van der Waals surface area contributed by atoms with Crippen LogP contribution >= 0.6 is 11.3 Å². The Balaban J connectivity index is 2.10. The molecule has 0 saturated heterocycles. The number of hydrogen-bond donors (Lipinski definition) is 1. The van der Waals surface area contributed by atoms with E-state index in [2.05, 4.69) is 15.0 Å². The molecule has 1 N–H and O–H groups in total. The lowest BCUT2D eigenvalue weighted by molar-refractivity contribution is -0.137. The summed E-state index contributed by atoms with van der Waals surface area (Å²) in [5.74, 6) is -0.511. The van der Waals surface area contributed by atoms with E-state index in [9.17, 15) is 18.0 Å². The highest BCUT2D eigenvalue weighted by Crippen LogP contribution is 2.30. The number of alkyl halides is 3. The monoisotopic (exact) mass is 302 g/mol. The number of nitrogens with zero attached hydrogens (tertiary/aromatic N) is 1.